The summed E-state index contributed by atoms with van der Waals surface area (Å²) < 4.78 is 0. The minimum Gasteiger partial charge on any atom is -0.337 e. The second kappa shape index (κ2) is 7.30. The zero-order chi connectivity index (χ0) is 17.9. The third kappa shape index (κ3) is 3.48. The monoisotopic (exact) mass is 366 g/mol. The average Bonchev–Trinajstić information content (AvgIpc) is 3.22. The lowest BCUT2D eigenvalue weighted by molar-refractivity contribution is 0.0700. The van der Waals surface area contributed by atoms with E-state index in [1.54, 1.807) is 12.3 Å². The molecule has 3 heterocycles. The molecule has 26 heavy (non-hydrogen) atoms. The van der Waals surface area contributed by atoms with Gasteiger partial charge in [0.15, 0.2) is 0 Å². The summed E-state index contributed by atoms with van der Waals surface area (Å²) in [5.74, 6) is 0.230. The van der Waals surface area contributed by atoms with E-state index in [1.165, 1.54) is 0 Å². The highest BCUT2D eigenvalue weighted by Gasteiger charge is 2.27. The van der Waals surface area contributed by atoms with Crippen LogP contribution in [0.4, 0.5) is 0 Å². The number of nitrogens with one attached hydrogen (secondary N) is 1. The van der Waals surface area contributed by atoms with Crippen molar-refractivity contribution in [1.29, 1.82) is 0 Å². The second-order valence-electron chi connectivity index (χ2n) is 6.52. The van der Waals surface area contributed by atoms with Crippen LogP contribution in [0.15, 0.2) is 54.7 Å². The van der Waals surface area contributed by atoms with Crippen molar-refractivity contribution in [3.63, 3.8) is 0 Å². The molecule has 1 aromatic carbocycles. The van der Waals surface area contributed by atoms with Gasteiger partial charge in [-0.2, -0.15) is 5.10 Å². The van der Waals surface area contributed by atoms with Crippen molar-refractivity contribution in [2.24, 2.45) is 0 Å². The number of aromatic amines is 1. The minimum absolute atomic E-state index is 0.00167. The first kappa shape index (κ1) is 16.8. The van der Waals surface area contributed by atoms with Crippen LogP contribution < -0.4 is 0 Å². The molecule has 0 spiro atoms. The molecule has 1 aliphatic rings. The molecule has 0 aliphatic carbocycles. The molecule has 0 radical (unpaired) electrons. The number of hydrogen-bond donors (Lipinski definition) is 1. The van der Waals surface area contributed by atoms with Crippen molar-refractivity contribution in [2.75, 3.05) is 13.1 Å². The summed E-state index contributed by atoms with van der Waals surface area (Å²) in [4.78, 5) is 19.3. The molecule has 0 saturated carbocycles. The molecule has 3 aromatic rings. The first-order valence-electron chi connectivity index (χ1n) is 8.72. The zero-order valence-corrected chi connectivity index (χ0v) is 15.0. The van der Waals surface area contributed by atoms with Gasteiger partial charge in [-0.15, -0.1) is 0 Å². The highest BCUT2D eigenvalue weighted by atomic mass is 35.5. The van der Waals surface area contributed by atoms with Gasteiger partial charge in [0.25, 0.3) is 5.91 Å². The highest BCUT2D eigenvalue weighted by Crippen LogP contribution is 2.29. The SMILES string of the molecule is O=C(c1ccn[nH]1)N1CCC[C@H](c2cccc(-c3cccc(Cl)c3)n2)C1. The van der Waals surface area contributed by atoms with Crippen molar-refractivity contribution >= 4 is 17.5 Å². The van der Waals surface area contributed by atoms with Crippen LogP contribution in [-0.4, -0.2) is 39.1 Å². The molecule has 1 saturated heterocycles. The number of likely N-dealkylation sites (tertiary alicyclic amines) is 1. The standard InChI is InChI=1S/C20H19ClN4O/c21-16-6-1-4-14(12-16)17-7-2-8-18(23-17)15-5-3-11-25(13-15)20(26)19-9-10-22-24-19/h1-2,4,6-10,12,15H,3,5,11,13H2,(H,22,24)/t15-/m0/s1. The molecule has 0 unspecified atom stereocenters. The molecule has 6 heteroatoms. The van der Waals surface area contributed by atoms with Gasteiger partial charge in [0.1, 0.15) is 5.69 Å². The normalized spacial score (nSPS) is 17.3. The molecule has 2 aromatic heterocycles. The Balaban J connectivity index is 1.55. The summed E-state index contributed by atoms with van der Waals surface area (Å²) in [6, 6.07) is 15.5. The van der Waals surface area contributed by atoms with E-state index in [0.717, 1.165) is 36.3 Å². The summed E-state index contributed by atoms with van der Waals surface area (Å²) in [7, 11) is 0. The number of nitrogens with zero attached hydrogens (tertiary/aromatic N) is 3. The number of carbonyl (C=O) groups excluding carboxylic acids is 1. The Morgan fingerprint density at radius 1 is 1.19 bits per heavy atom. The number of piperidine rings is 1. The molecule has 1 aliphatic heterocycles. The van der Waals surface area contributed by atoms with Crippen LogP contribution >= 0.6 is 11.6 Å². The van der Waals surface area contributed by atoms with E-state index >= 15 is 0 Å². The van der Waals surface area contributed by atoms with Crippen molar-refractivity contribution < 1.29 is 4.79 Å². The van der Waals surface area contributed by atoms with Crippen molar-refractivity contribution in [3.05, 3.63) is 71.1 Å². The quantitative estimate of drug-likeness (QED) is 0.757. The smallest absolute Gasteiger partial charge is 0.271 e. The van der Waals surface area contributed by atoms with E-state index in [-0.39, 0.29) is 11.8 Å². The number of rotatable bonds is 3. The molecule has 1 atom stereocenters. The number of aromatic nitrogens is 3. The summed E-state index contributed by atoms with van der Waals surface area (Å²) in [6.07, 6.45) is 3.59. The fraction of sp³-hybridized carbons (Fsp3) is 0.250. The maximum Gasteiger partial charge on any atom is 0.271 e. The number of carbonyl (C=O) groups is 1. The highest BCUT2D eigenvalue weighted by molar-refractivity contribution is 6.30. The van der Waals surface area contributed by atoms with Crippen LogP contribution in [0.1, 0.15) is 34.9 Å². The van der Waals surface area contributed by atoms with Crippen LogP contribution in [0.3, 0.4) is 0 Å². The van der Waals surface area contributed by atoms with Gasteiger partial charge in [0, 0.05) is 41.5 Å². The predicted octanol–water partition coefficient (Wildman–Crippen LogP) is 4.14. The summed E-state index contributed by atoms with van der Waals surface area (Å²) >= 11 is 6.11. The van der Waals surface area contributed by atoms with E-state index in [1.807, 2.05) is 47.4 Å². The Morgan fingerprint density at radius 2 is 2.08 bits per heavy atom. The Labute approximate surface area is 157 Å². The largest absolute Gasteiger partial charge is 0.337 e. The first-order chi connectivity index (χ1) is 12.7. The van der Waals surface area contributed by atoms with Crippen molar-refractivity contribution in [1.82, 2.24) is 20.1 Å². The average molecular weight is 367 g/mol. The minimum atomic E-state index is -0.00167. The van der Waals surface area contributed by atoms with Crippen LogP contribution in [0.25, 0.3) is 11.3 Å². The van der Waals surface area contributed by atoms with Gasteiger partial charge < -0.3 is 4.90 Å². The van der Waals surface area contributed by atoms with Gasteiger partial charge in [-0.05, 0) is 43.2 Å². The van der Waals surface area contributed by atoms with E-state index in [4.69, 9.17) is 16.6 Å². The van der Waals surface area contributed by atoms with Crippen LogP contribution in [0.2, 0.25) is 5.02 Å². The van der Waals surface area contributed by atoms with Crippen molar-refractivity contribution in [2.45, 2.75) is 18.8 Å². The third-order valence-electron chi connectivity index (χ3n) is 4.75. The second-order valence-corrected chi connectivity index (χ2v) is 6.96. The van der Waals surface area contributed by atoms with Gasteiger partial charge in [-0.25, -0.2) is 0 Å². The summed E-state index contributed by atoms with van der Waals surface area (Å²) in [6.45, 7) is 1.44. The molecule has 4 rings (SSSR count). The number of H-pyrrole nitrogens is 1. The molecule has 132 valence electrons. The third-order valence-corrected chi connectivity index (χ3v) is 4.98. The fourth-order valence-corrected chi connectivity index (χ4v) is 3.63. The van der Waals surface area contributed by atoms with Crippen molar-refractivity contribution in [3.8, 4) is 11.3 Å². The lowest BCUT2D eigenvalue weighted by Crippen LogP contribution is -2.39. The summed E-state index contributed by atoms with van der Waals surface area (Å²) in [5.41, 5.74) is 3.46. The molecular weight excluding hydrogens is 348 g/mol. The van der Waals surface area contributed by atoms with Gasteiger partial charge >= 0.3 is 0 Å². The topological polar surface area (TPSA) is 61.9 Å². The zero-order valence-electron chi connectivity index (χ0n) is 14.2. The van der Waals surface area contributed by atoms with E-state index in [2.05, 4.69) is 10.2 Å². The van der Waals surface area contributed by atoms with Crippen LogP contribution in [0, 0.1) is 0 Å². The lowest BCUT2D eigenvalue weighted by Gasteiger charge is -2.32. The van der Waals surface area contributed by atoms with Gasteiger partial charge in [-0.1, -0.05) is 29.8 Å². The van der Waals surface area contributed by atoms with Crippen LogP contribution in [-0.2, 0) is 0 Å². The van der Waals surface area contributed by atoms with Crippen LogP contribution in [0.5, 0.6) is 0 Å². The fourth-order valence-electron chi connectivity index (χ4n) is 3.44. The van der Waals surface area contributed by atoms with E-state index < -0.39 is 0 Å². The maximum atomic E-state index is 12.6. The Bertz CT molecular complexity index is 910. The molecule has 1 amide bonds. The predicted molar refractivity (Wildman–Crippen MR) is 101 cm³/mol. The number of hydrogen-bond acceptors (Lipinski definition) is 3. The van der Waals surface area contributed by atoms with Gasteiger partial charge in [-0.3, -0.25) is 14.9 Å². The molecule has 0 bridgehead atoms. The summed E-state index contributed by atoms with van der Waals surface area (Å²) in [5, 5.41) is 7.33. The van der Waals surface area contributed by atoms with E-state index in [9.17, 15) is 4.79 Å². The lowest BCUT2D eigenvalue weighted by atomic mass is 9.93. The molecule has 5 nitrogen and oxygen atoms in total. The Kier molecular flexibility index (Phi) is 4.71. The van der Waals surface area contributed by atoms with E-state index in [0.29, 0.717) is 17.3 Å². The molecule has 1 fully saturated rings. The Morgan fingerprint density at radius 3 is 2.88 bits per heavy atom. The molecular formula is C20H19ClN4O. The number of amides is 1. The Hall–Kier alpha value is -2.66. The number of pyridine rings is 1. The maximum absolute atomic E-state index is 12.6. The number of halogens is 1. The van der Waals surface area contributed by atoms with Gasteiger partial charge in [0.2, 0.25) is 0 Å². The first-order valence-corrected chi connectivity index (χ1v) is 9.10. The molecule has 1 N–H and O–H groups in total. The number of benzene rings is 1. The van der Waals surface area contributed by atoms with Gasteiger partial charge in [0.05, 0.1) is 5.69 Å².